The van der Waals surface area contributed by atoms with Crippen LogP contribution in [0.4, 0.5) is 0 Å². The Balaban J connectivity index is 1.48. The third-order valence-corrected chi connectivity index (χ3v) is 9.12. The van der Waals surface area contributed by atoms with Gasteiger partial charge in [-0.3, -0.25) is 4.79 Å². The molecule has 1 fully saturated rings. The van der Waals surface area contributed by atoms with Crippen LogP contribution in [0.2, 0.25) is 0 Å². The topological polar surface area (TPSA) is 67.9 Å². The van der Waals surface area contributed by atoms with Gasteiger partial charge in [-0.1, -0.05) is 53.1 Å². The predicted molar refractivity (Wildman–Crippen MR) is 197 cm³/mol. The molecular formula is C40H54N2O4S. The highest BCUT2D eigenvalue weighted by Gasteiger charge is 2.16. The highest BCUT2D eigenvalue weighted by atomic mass is 32.2. The molecule has 1 aliphatic rings. The number of thioether (sulfide) groups is 1. The monoisotopic (exact) mass is 658 g/mol. The van der Waals surface area contributed by atoms with E-state index in [1.165, 1.54) is 55.8 Å². The third kappa shape index (κ3) is 14.8. The summed E-state index contributed by atoms with van der Waals surface area (Å²) in [6.45, 7) is 12.9. The fraction of sp³-hybridized carbons (Fsp3) is 0.450. The van der Waals surface area contributed by atoms with Crippen LogP contribution in [-0.4, -0.2) is 55.8 Å². The Morgan fingerprint density at radius 1 is 0.894 bits per heavy atom. The lowest BCUT2D eigenvalue weighted by Gasteiger charge is -2.13. The van der Waals surface area contributed by atoms with E-state index in [4.69, 9.17) is 9.47 Å². The Morgan fingerprint density at radius 3 is 2.36 bits per heavy atom. The molecule has 0 unspecified atom stereocenters. The van der Waals surface area contributed by atoms with E-state index in [0.717, 1.165) is 61.3 Å². The molecule has 1 saturated heterocycles. The third-order valence-electron chi connectivity index (χ3n) is 8.12. The standard InChI is InChI=1S/C40H54N2O4S/c1-31(2)14-12-15-32(3)16-13-17-33(4)24-29-47-38-19-7-6-18-35(38)40(44)46-36-22-20-34(30-37(36)45-5)21-23-39(43)41-25-8-9-26-42-27-10-11-28-42/h6-7,14,16,18-24,30H,8-13,15,17,25-29H2,1-5H3,(H,41,43)/b23-21+,32-16+,33-24+. The first-order valence-corrected chi connectivity index (χ1v) is 18.0. The van der Waals surface area contributed by atoms with Crippen LogP contribution >= 0.6 is 11.8 Å². The van der Waals surface area contributed by atoms with Crippen LogP contribution in [0.3, 0.4) is 0 Å². The number of hydrogen-bond donors (Lipinski definition) is 1. The minimum atomic E-state index is -0.437. The van der Waals surface area contributed by atoms with Crippen LogP contribution in [0.1, 0.15) is 95.0 Å². The van der Waals surface area contributed by atoms with Crippen molar-refractivity contribution >= 4 is 29.7 Å². The second-order valence-electron chi connectivity index (χ2n) is 12.4. The molecule has 7 heteroatoms. The Kier molecular flexibility index (Phi) is 17.2. The summed E-state index contributed by atoms with van der Waals surface area (Å²) in [5.41, 5.74) is 5.45. The molecule has 0 aromatic heterocycles. The largest absolute Gasteiger partial charge is 0.493 e. The van der Waals surface area contributed by atoms with Crippen molar-refractivity contribution in [2.24, 2.45) is 0 Å². The number of unbranched alkanes of at least 4 members (excludes halogenated alkanes) is 1. The molecule has 0 radical (unpaired) electrons. The maximum Gasteiger partial charge on any atom is 0.344 e. The van der Waals surface area contributed by atoms with Gasteiger partial charge in [0.15, 0.2) is 11.5 Å². The van der Waals surface area contributed by atoms with E-state index in [9.17, 15) is 9.59 Å². The van der Waals surface area contributed by atoms with Gasteiger partial charge in [0, 0.05) is 23.3 Å². The number of amides is 1. The van der Waals surface area contributed by atoms with Crippen molar-refractivity contribution in [2.75, 3.05) is 39.0 Å². The fourth-order valence-corrected chi connectivity index (χ4v) is 6.34. The van der Waals surface area contributed by atoms with E-state index in [-0.39, 0.29) is 5.91 Å². The zero-order chi connectivity index (χ0) is 33.9. The molecule has 2 aromatic rings. The molecule has 1 amide bonds. The number of esters is 1. The van der Waals surface area contributed by atoms with Crippen LogP contribution in [0.15, 0.2) is 88.4 Å². The smallest absolute Gasteiger partial charge is 0.344 e. The molecular weight excluding hydrogens is 605 g/mol. The lowest BCUT2D eigenvalue weighted by atomic mass is 10.1. The number of ether oxygens (including phenoxy) is 2. The maximum atomic E-state index is 13.3. The predicted octanol–water partition coefficient (Wildman–Crippen LogP) is 9.43. The lowest BCUT2D eigenvalue weighted by molar-refractivity contribution is -0.116. The summed E-state index contributed by atoms with van der Waals surface area (Å²) in [6, 6.07) is 12.8. The van der Waals surface area contributed by atoms with Crippen molar-refractivity contribution in [1.29, 1.82) is 0 Å². The van der Waals surface area contributed by atoms with E-state index in [1.807, 2.05) is 18.2 Å². The van der Waals surface area contributed by atoms with Crippen molar-refractivity contribution in [2.45, 2.75) is 84.0 Å². The average molecular weight is 659 g/mol. The van der Waals surface area contributed by atoms with Crippen LogP contribution in [0.5, 0.6) is 11.5 Å². The van der Waals surface area contributed by atoms with E-state index in [2.05, 4.69) is 56.1 Å². The Labute approximate surface area is 287 Å². The van der Waals surface area contributed by atoms with Crippen molar-refractivity contribution in [3.8, 4) is 11.5 Å². The van der Waals surface area contributed by atoms with Crippen molar-refractivity contribution in [1.82, 2.24) is 10.2 Å². The number of nitrogens with one attached hydrogen (secondary N) is 1. The van der Waals surface area contributed by atoms with E-state index < -0.39 is 5.97 Å². The van der Waals surface area contributed by atoms with Crippen LogP contribution < -0.4 is 14.8 Å². The van der Waals surface area contributed by atoms with Crippen LogP contribution in [0, 0.1) is 0 Å². The highest BCUT2D eigenvalue weighted by molar-refractivity contribution is 7.99. The molecule has 254 valence electrons. The molecule has 0 aliphatic carbocycles. The number of carbonyl (C=O) groups excluding carboxylic acids is 2. The van der Waals surface area contributed by atoms with Crippen molar-refractivity contribution in [3.05, 3.63) is 94.6 Å². The number of carbonyl (C=O) groups is 2. The van der Waals surface area contributed by atoms with Crippen LogP contribution in [-0.2, 0) is 4.79 Å². The molecule has 0 atom stereocenters. The van der Waals surface area contributed by atoms with Gasteiger partial charge in [0.2, 0.25) is 5.91 Å². The number of likely N-dealkylation sites (tertiary alicyclic amines) is 1. The molecule has 2 aromatic carbocycles. The Hall–Kier alpha value is -3.55. The van der Waals surface area contributed by atoms with Gasteiger partial charge in [-0.2, -0.15) is 0 Å². The van der Waals surface area contributed by atoms with Gasteiger partial charge in [0.1, 0.15) is 0 Å². The minimum Gasteiger partial charge on any atom is -0.493 e. The summed E-state index contributed by atoms with van der Waals surface area (Å²) in [5.74, 6) is 0.964. The zero-order valence-electron chi connectivity index (χ0n) is 29.1. The van der Waals surface area contributed by atoms with E-state index >= 15 is 0 Å². The summed E-state index contributed by atoms with van der Waals surface area (Å²) < 4.78 is 11.3. The summed E-state index contributed by atoms with van der Waals surface area (Å²) in [7, 11) is 1.54. The number of allylic oxidation sites excluding steroid dienone is 5. The van der Waals surface area contributed by atoms with Gasteiger partial charge in [-0.25, -0.2) is 4.79 Å². The van der Waals surface area contributed by atoms with Gasteiger partial charge in [0.25, 0.3) is 0 Å². The number of methoxy groups -OCH3 is 1. The zero-order valence-corrected chi connectivity index (χ0v) is 29.9. The second-order valence-corrected chi connectivity index (χ2v) is 13.5. The fourth-order valence-electron chi connectivity index (χ4n) is 5.31. The molecule has 1 aliphatic heterocycles. The highest BCUT2D eigenvalue weighted by Crippen LogP contribution is 2.31. The van der Waals surface area contributed by atoms with Gasteiger partial charge in [-0.05, 0) is 135 Å². The molecule has 3 rings (SSSR count). The van der Waals surface area contributed by atoms with Crippen molar-refractivity contribution in [3.63, 3.8) is 0 Å². The molecule has 6 nitrogen and oxygen atoms in total. The van der Waals surface area contributed by atoms with Crippen molar-refractivity contribution < 1.29 is 19.1 Å². The first-order chi connectivity index (χ1) is 22.7. The summed E-state index contributed by atoms with van der Waals surface area (Å²) in [4.78, 5) is 28.9. The van der Waals surface area contributed by atoms with E-state index in [0.29, 0.717) is 23.6 Å². The average Bonchev–Trinajstić information content (AvgIpc) is 3.58. The molecule has 1 heterocycles. The number of hydrogen-bond acceptors (Lipinski definition) is 6. The normalized spacial score (nSPS) is 14.0. The van der Waals surface area contributed by atoms with Gasteiger partial charge < -0.3 is 19.7 Å². The SMILES string of the molecule is COc1cc(/C=C/C(=O)NCCCCN2CCCC2)ccc1OC(=O)c1ccccc1SC/C=C(\C)CC/C=C(\C)CCC=C(C)C. The molecule has 0 bridgehead atoms. The lowest BCUT2D eigenvalue weighted by Crippen LogP contribution is -2.24. The first-order valence-electron chi connectivity index (χ1n) is 17.0. The van der Waals surface area contributed by atoms with E-state index in [1.54, 1.807) is 42.1 Å². The summed E-state index contributed by atoms with van der Waals surface area (Å²) in [5, 5.41) is 2.96. The maximum absolute atomic E-state index is 13.3. The molecule has 47 heavy (non-hydrogen) atoms. The molecule has 0 saturated carbocycles. The first kappa shape index (κ1) is 37.9. The number of benzene rings is 2. The molecule has 1 N–H and O–H groups in total. The summed E-state index contributed by atoms with van der Waals surface area (Å²) >= 11 is 1.62. The van der Waals surface area contributed by atoms with Crippen LogP contribution in [0.25, 0.3) is 6.08 Å². The Morgan fingerprint density at radius 2 is 1.62 bits per heavy atom. The second kappa shape index (κ2) is 21.3. The number of rotatable bonds is 19. The summed E-state index contributed by atoms with van der Waals surface area (Å²) in [6.07, 6.45) is 19.1. The quantitative estimate of drug-likeness (QED) is 0.0405. The minimum absolute atomic E-state index is 0.127. The molecule has 0 spiro atoms. The van der Waals surface area contributed by atoms with Gasteiger partial charge in [0.05, 0.1) is 12.7 Å². The number of nitrogens with zero attached hydrogens (tertiary/aromatic N) is 1. The van der Waals surface area contributed by atoms with Gasteiger partial charge in [-0.15, -0.1) is 11.8 Å². The van der Waals surface area contributed by atoms with Gasteiger partial charge >= 0.3 is 5.97 Å². The Bertz CT molecular complexity index is 1420.